The summed E-state index contributed by atoms with van der Waals surface area (Å²) in [6, 6.07) is 8.98. The lowest BCUT2D eigenvalue weighted by Crippen LogP contribution is -2.43. The number of pyridine rings is 2. The second-order valence-electron chi connectivity index (χ2n) is 8.34. The van der Waals surface area contributed by atoms with Crippen LogP contribution in [0.1, 0.15) is 28.2 Å². The zero-order valence-corrected chi connectivity index (χ0v) is 20.5. The van der Waals surface area contributed by atoms with Crippen LogP contribution in [0.15, 0.2) is 42.7 Å². The molecular weight excluding hydrogens is 486 g/mol. The number of piperazine rings is 1. The number of carbonyl (C=O) groups is 1. The van der Waals surface area contributed by atoms with Crippen molar-refractivity contribution >= 4 is 38.3 Å². The number of methoxy groups -OCH3 is 1. The molecule has 0 bridgehead atoms. The molecule has 8 nitrogen and oxygen atoms in total. The third-order valence-electron chi connectivity index (χ3n) is 5.98. The molecule has 0 atom stereocenters. The number of nitrogens with one attached hydrogen (secondary N) is 2. The van der Waals surface area contributed by atoms with E-state index in [0.29, 0.717) is 22.0 Å². The van der Waals surface area contributed by atoms with Gasteiger partial charge in [-0.05, 0) is 37.3 Å². The molecule has 1 aromatic carbocycles. The van der Waals surface area contributed by atoms with Gasteiger partial charge in [-0.1, -0.05) is 11.3 Å². The first-order valence-electron chi connectivity index (χ1n) is 11.4. The third-order valence-corrected chi connectivity index (χ3v) is 6.92. The van der Waals surface area contributed by atoms with Crippen molar-refractivity contribution in [2.45, 2.75) is 13.3 Å². The number of hydrogen-bond acceptors (Lipinski definition) is 8. The molecule has 3 aromatic heterocycles. The standard InChI is InChI=1S/C25H24F2N6O2S/c1-14-9-16(17-11-20(23(26)27)30-13-21(17)35-2)18(12-29-14)24(34)32-25-31-19-4-3-15(10-22(19)36-25)33-7-5-28-6-8-33/h3-4,9-13,23,28H,5-8H2,1-2H3,(H,31,32,34). The summed E-state index contributed by atoms with van der Waals surface area (Å²) >= 11 is 1.38. The summed E-state index contributed by atoms with van der Waals surface area (Å²) < 4.78 is 33.0. The number of rotatable bonds is 6. The Hall–Kier alpha value is -3.70. The van der Waals surface area contributed by atoms with E-state index in [0.717, 1.165) is 42.1 Å². The van der Waals surface area contributed by atoms with E-state index in [9.17, 15) is 13.6 Å². The van der Waals surface area contributed by atoms with Gasteiger partial charge in [0.1, 0.15) is 11.4 Å². The second kappa shape index (κ2) is 10.1. The molecular formula is C25H24F2N6O2S. The summed E-state index contributed by atoms with van der Waals surface area (Å²) in [5.41, 5.74) is 3.10. The van der Waals surface area contributed by atoms with E-state index in [1.807, 2.05) is 12.1 Å². The summed E-state index contributed by atoms with van der Waals surface area (Å²) in [6.07, 6.45) is -0.0982. The van der Waals surface area contributed by atoms with Crippen molar-refractivity contribution < 1.29 is 18.3 Å². The Morgan fingerprint density at radius 2 is 1.94 bits per heavy atom. The highest BCUT2D eigenvalue weighted by atomic mass is 32.1. The summed E-state index contributed by atoms with van der Waals surface area (Å²) in [6.45, 7) is 5.51. The maximum absolute atomic E-state index is 13.4. The molecule has 0 spiro atoms. The lowest BCUT2D eigenvalue weighted by atomic mass is 9.99. The van der Waals surface area contributed by atoms with Gasteiger partial charge in [0.2, 0.25) is 0 Å². The van der Waals surface area contributed by atoms with Crippen LogP contribution in [0, 0.1) is 6.92 Å². The van der Waals surface area contributed by atoms with Gasteiger partial charge in [0.25, 0.3) is 12.3 Å². The number of carbonyl (C=O) groups excluding carboxylic acids is 1. The lowest BCUT2D eigenvalue weighted by molar-refractivity contribution is 0.102. The predicted molar refractivity (Wildman–Crippen MR) is 136 cm³/mol. The van der Waals surface area contributed by atoms with E-state index in [2.05, 4.69) is 36.6 Å². The average molecular weight is 511 g/mol. The number of fused-ring (bicyclic) bond motifs is 1. The highest BCUT2D eigenvalue weighted by Gasteiger charge is 2.21. The number of benzene rings is 1. The van der Waals surface area contributed by atoms with Crippen LogP contribution < -0.4 is 20.3 Å². The number of aromatic nitrogens is 3. The Morgan fingerprint density at radius 3 is 2.69 bits per heavy atom. The quantitative estimate of drug-likeness (QED) is 0.390. The van der Waals surface area contributed by atoms with Gasteiger partial charge in [0.15, 0.2) is 5.13 Å². The van der Waals surface area contributed by atoms with Gasteiger partial charge in [-0.15, -0.1) is 0 Å². The van der Waals surface area contributed by atoms with Crippen LogP contribution in [-0.4, -0.2) is 54.1 Å². The van der Waals surface area contributed by atoms with Gasteiger partial charge < -0.3 is 15.0 Å². The van der Waals surface area contributed by atoms with Crippen LogP contribution in [0.5, 0.6) is 5.75 Å². The molecule has 0 radical (unpaired) electrons. The average Bonchev–Trinajstić information content (AvgIpc) is 3.30. The molecule has 1 saturated heterocycles. The molecule has 0 saturated carbocycles. The minimum absolute atomic E-state index is 0.214. The van der Waals surface area contributed by atoms with Crippen LogP contribution in [0.2, 0.25) is 0 Å². The van der Waals surface area contributed by atoms with E-state index in [1.165, 1.54) is 36.9 Å². The number of hydrogen-bond donors (Lipinski definition) is 2. The van der Waals surface area contributed by atoms with E-state index in [-0.39, 0.29) is 11.3 Å². The van der Waals surface area contributed by atoms with Crippen molar-refractivity contribution in [1.82, 2.24) is 20.3 Å². The molecule has 4 heterocycles. The van der Waals surface area contributed by atoms with Gasteiger partial charge in [0.05, 0.1) is 29.1 Å². The molecule has 0 unspecified atom stereocenters. The molecule has 4 aromatic rings. The lowest BCUT2D eigenvalue weighted by Gasteiger charge is -2.29. The van der Waals surface area contributed by atoms with Gasteiger partial charge >= 0.3 is 0 Å². The first-order chi connectivity index (χ1) is 17.4. The molecule has 1 aliphatic rings. The Kier molecular flexibility index (Phi) is 6.75. The zero-order valence-electron chi connectivity index (χ0n) is 19.7. The van der Waals surface area contributed by atoms with E-state index in [4.69, 9.17) is 4.74 Å². The van der Waals surface area contributed by atoms with Crippen molar-refractivity contribution in [2.24, 2.45) is 0 Å². The zero-order chi connectivity index (χ0) is 25.2. The highest BCUT2D eigenvalue weighted by Crippen LogP contribution is 2.36. The SMILES string of the molecule is COc1cnc(C(F)F)cc1-c1cc(C)ncc1C(=O)Nc1nc2ccc(N3CCNCC3)cc2s1. The number of alkyl halides is 2. The smallest absolute Gasteiger partial charge is 0.280 e. The van der Waals surface area contributed by atoms with Crippen LogP contribution in [0.25, 0.3) is 21.3 Å². The Bertz CT molecular complexity index is 1420. The van der Waals surface area contributed by atoms with Crippen LogP contribution >= 0.6 is 11.3 Å². The van der Waals surface area contributed by atoms with Crippen molar-refractivity contribution in [3.05, 3.63) is 59.7 Å². The highest BCUT2D eigenvalue weighted by molar-refractivity contribution is 7.22. The molecule has 1 amide bonds. The molecule has 11 heteroatoms. The minimum Gasteiger partial charge on any atom is -0.494 e. The fourth-order valence-electron chi connectivity index (χ4n) is 4.17. The number of amides is 1. The van der Waals surface area contributed by atoms with Crippen molar-refractivity contribution in [1.29, 1.82) is 0 Å². The molecule has 5 rings (SSSR count). The fraction of sp³-hybridized carbons (Fsp3) is 0.280. The monoisotopic (exact) mass is 510 g/mol. The van der Waals surface area contributed by atoms with Crippen molar-refractivity contribution in [2.75, 3.05) is 43.5 Å². The van der Waals surface area contributed by atoms with Gasteiger partial charge in [0, 0.05) is 54.9 Å². The van der Waals surface area contributed by atoms with E-state index < -0.39 is 18.0 Å². The van der Waals surface area contributed by atoms with Gasteiger partial charge in [-0.25, -0.2) is 13.8 Å². The fourth-order valence-corrected chi connectivity index (χ4v) is 5.06. The summed E-state index contributed by atoms with van der Waals surface area (Å²) in [5, 5.41) is 6.64. The molecule has 0 aliphatic carbocycles. The van der Waals surface area contributed by atoms with Crippen LogP contribution in [0.4, 0.5) is 19.6 Å². The number of thiazole rings is 1. The van der Waals surface area contributed by atoms with Gasteiger partial charge in [-0.2, -0.15) is 0 Å². The molecule has 1 aliphatic heterocycles. The van der Waals surface area contributed by atoms with E-state index >= 15 is 0 Å². The largest absolute Gasteiger partial charge is 0.494 e. The normalized spacial score (nSPS) is 13.9. The van der Waals surface area contributed by atoms with Crippen molar-refractivity contribution in [3.8, 4) is 16.9 Å². The Morgan fingerprint density at radius 1 is 1.14 bits per heavy atom. The minimum atomic E-state index is -2.76. The number of halogens is 2. The summed E-state index contributed by atoms with van der Waals surface area (Å²) in [4.78, 5) is 28.2. The number of nitrogens with zero attached hydrogens (tertiary/aromatic N) is 4. The van der Waals surface area contributed by atoms with Crippen LogP contribution in [-0.2, 0) is 0 Å². The Labute approximate surface area is 210 Å². The van der Waals surface area contributed by atoms with E-state index in [1.54, 1.807) is 13.0 Å². The first kappa shape index (κ1) is 24.0. The first-order valence-corrected chi connectivity index (χ1v) is 12.2. The van der Waals surface area contributed by atoms with Crippen LogP contribution in [0.3, 0.4) is 0 Å². The van der Waals surface area contributed by atoms with Crippen molar-refractivity contribution in [3.63, 3.8) is 0 Å². The molecule has 1 fully saturated rings. The number of ether oxygens (including phenoxy) is 1. The predicted octanol–water partition coefficient (Wildman–Crippen LogP) is 4.67. The second-order valence-corrected chi connectivity index (χ2v) is 9.37. The maximum atomic E-state index is 13.4. The van der Waals surface area contributed by atoms with Gasteiger partial charge in [-0.3, -0.25) is 20.1 Å². The third kappa shape index (κ3) is 4.84. The summed E-state index contributed by atoms with van der Waals surface area (Å²) in [5.74, 6) is -0.171. The molecule has 186 valence electrons. The maximum Gasteiger partial charge on any atom is 0.280 e. The molecule has 2 N–H and O–H groups in total. The molecule has 36 heavy (non-hydrogen) atoms. The Balaban J connectivity index is 1.46. The number of anilines is 2. The summed E-state index contributed by atoms with van der Waals surface area (Å²) in [7, 11) is 1.42. The topological polar surface area (TPSA) is 92.3 Å². The number of aryl methyl sites for hydroxylation is 1.